The van der Waals surface area contributed by atoms with Crippen LogP contribution >= 0.6 is 11.8 Å². The Morgan fingerprint density at radius 2 is 1.83 bits per heavy atom. The number of carbonyl (C=O) groups is 4. The molecule has 0 aromatic carbocycles. The van der Waals surface area contributed by atoms with Crippen LogP contribution in [0.4, 0.5) is 0 Å². The van der Waals surface area contributed by atoms with Crippen LogP contribution < -0.4 is 21.7 Å². The van der Waals surface area contributed by atoms with Crippen LogP contribution in [0.25, 0.3) is 0 Å². The predicted octanol–water partition coefficient (Wildman–Crippen LogP) is -1.14. The highest BCUT2D eigenvalue weighted by Gasteiger charge is 2.31. The maximum atomic E-state index is 12.8. The van der Waals surface area contributed by atoms with E-state index < -0.39 is 41.8 Å². The summed E-state index contributed by atoms with van der Waals surface area (Å²) in [6, 6.07) is -3.04. The molecule has 168 valence electrons. The van der Waals surface area contributed by atoms with Crippen molar-refractivity contribution < 1.29 is 24.3 Å². The van der Waals surface area contributed by atoms with E-state index in [1.54, 1.807) is 13.8 Å². The Labute approximate surface area is 179 Å². The normalized spacial score (nSPS) is 13.9. The van der Waals surface area contributed by atoms with Gasteiger partial charge in [0.2, 0.25) is 17.7 Å². The van der Waals surface area contributed by atoms with Gasteiger partial charge in [-0.25, -0.2) is 9.78 Å². The fraction of sp³-hybridized carbons (Fsp3) is 0.611. The molecule has 0 bridgehead atoms. The van der Waals surface area contributed by atoms with Crippen molar-refractivity contribution in [1.29, 1.82) is 0 Å². The van der Waals surface area contributed by atoms with Crippen molar-refractivity contribution in [2.45, 2.75) is 44.8 Å². The van der Waals surface area contributed by atoms with E-state index in [1.807, 2.05) is 6.26 Å². The molecular formula is C18H30N6O5S. The molecule has 1 aromatic rings. The lowest BCUT2D eigenvalue weighted by molar-refractivity contribution is -0.143. The Morgan fingerprint density at radius 1 is 1.17 bits per heavy atom. The number of hydrogen-bond acceptors (Lipinski definition) is 7. The summed E-state index contributed by atoms with van der Waals surface area (Å²) in [6.45, 7) is 3.07. The minimum atomic E-state index is -1.17. The molecule has 30 heavy (non-hydrogen) atoms. The van der Waals surface area contributed by atoms with Crippen molar-refractivity contribution in [3.8, 4) is 0 Å². The number of imidazole rings is 1. The van der Waals surface area contributed by atoms with Gasteiger partial charge in [0.15, 0.2) is 0 Å². The summed E-state index contributed by atoms with van der Waals surface area (Å²) < 4.78 is 0. The van der Waals surface area contributed by atoms with E-state index in [2.05, 4.69) is 25.9 Å². The zero-order valence-corrected chi connectivity index (χ0v) is 18.1. The van der Waals surface area contributed by atoms with E-state index in [1.165, 1.54) is 24.3 Å². The van der Waals surface area contributed by atoms with Gasteiger partial charge in [-0.05, 0) is 24.3 Å². The van der Waals surface area contributed by atoms with Crippen LogP contribution in [0.5, 0.6) is 0 Å². The van der Waals surface area contributed by atoms with E-state index in [4.69, 9.17) is 5.73 Å². The number of nitrogens with zero attached hydrogens (tertiary/aromatic N) is 1. The fourth-order valence-corrected chi connectivity index (χ4v) is 3.09. The van der Waals surface area contributed by atoms with Gasteiger partial charge in [0.1, 0.15) is 18.1 Å². The number of aromatic nitrogens is 2. The van der Waals surface area contributed by atoms with E-state index >= 15 is 0 Å². The van der Waals surface area contributed by atoms with Crippen LogP contribution in [0, 0.1) is 5.92 Å². The van der Waals surface area contributed by atoms with Crippen molar-refractivity contribution >= 4 is 35.5 Å². The smallest absolute Gasteiger partial charge is 0.326 e. The molecular weight excluding hydrogens is 412 g/mol. The monoisotopic (exact) mass is 442 g/mol. The Kier molecular flexibility index (Phi) is 10.9. The highest BCUT2D eigenvalue weighted by Crippen LogP contribution is 2.07. The van der Waals surface area contributed by atoms with Gasteiger partial charge in [0.25, 0.3) is 0 Å². The maximum absolute atomic E-state index is 12.8. The Morgan fingerprint density at radius 3 is 2.33 bits per heavy atom. The number of aromatic amines is 1. The van der Waals surface area contributed by atoms with Crippen molar-refractivity contribution in [2.75, 3.05) is 18.6 Å². The lowest BCUT2D eigenvalue weighted by Gasteiger charge is -2.25. The Balaban J connectivity index is 2.99. The average Bonchev–Trinajstić information content (AvgIpc) is 3.20. The molecule has 1 rings (SSSR count). The number of carboxylic acid groups (broad SMARTS) is 1. The molecule has 3 atom stereocenters. The van der Waals surface area contributed by atoms with Gasteiger partial charge in [-0.15, -0.1) is 0 Å². The zero-order valence-electron chi connectivity index (χ0n) is 17.3. The molecule has 11 nitrogen and oxygen atoms in total. The number of nitrogens with one attached hydrogen (secondary N) is 4. The van der Waals surface area contributed by atoms with Gasteiger partial charge in [-0.1, -0.05) is 13.8 Å². The van der Waals surface area contributed by atoms with E-state index in [0.29, 0.717) is 17.9 Å². The van der Waals surface area contributed by atoms with Crippen LogP contribution in [0.2, 0.25) is 0 Å². The third-order valence-corrected chi connectivity index (χ3v) is 4.93. The first-order valence-corrected chi connectivity index (χ1v) is 10.9. The van der Waals surface area contributed by atoms with Gasteiger partial charge in [-0.2, -0.15) is 11.8 Å². The van der Waals surface area contributed by atoms with Crippen LogP contribution in [-0.4, -0.2) is 75.4 Å². The van der Waals surface area contributed by atoms with Crippen molar-refractivity contribution in [3.63, 3.8) is 0 Å². The number of thioether (sulfide) groups is 1. The number of aliphatic carboxylic acids is 1. The molecule has 1 heterocycles. The maximum Gasteiger partial charge on any atom is 0.326 e. The molecule has 0 aliphatic carbocycles. The summed E-state index contributed by atoms with van der Waals surface area (Å²) in [5, 5.41) is 17.0. The zero-order chi connectivity index (χ0) is 22.7. The highest BCUT2D eigenvalue weighted by atomic mass is 32.2. The number of hydrogen-bond donors (Lipinski definition) is 6. The lowest BCUT2D eigenvalue weighted by Crippen LogP contribution is -2.57. The van der Waals surface area contributed by atoms with Gasteiger partial charge in [0, 0.05) is 18.3 Å². The standard InChI is InChI=1S/C18H30N6O5S/c1-10(2)15(18(28)29)24-17(27)13(6-11-8-20-9-21-11)23-16(26)12(4-5-30-3)22-14(25)7-19/h8-10,12-13,15H,4-7,19H2,1-3H3,(H,20,21)(H,22,25)(H,23,26)(H,24,27)(H,28,29). The summed E-state index contributed by atoms with van der Waals surface area (Å²) in [4.78, 5) is 55.5. The minimum Gasteiger partial charge on any atom is -0.480 e. The lowest BCUT2D eigenvalue weighted by atomic mass is 10.0. The van der Waals surface area contributed by atoms with Crippen molar-refractivity contribution in [2.24, 2.45) is 11.7 Å². The fourth-order valence-electron chi connectivity index (χ4n) is 2.62. The van der Waals surface area contributed by atoms with Gasteiger partial charge in [-0.3, -0.25) is 14.4 Å². The molecule has 0 aliphatic heterocycles. The van der Waals surface area contributed by atoms with Gasteiger partial charge in [0.05, 0.1) is 12.9 Å². The number of H-pyrrole nitrogens is 1. The second-order valence-corrected chi connectivity index (χ2v) is 8.00. The third kappa shape index (κ3) is 8.41. The SMILES string of the molecule is CSCCC(NC(=O)CN)C(=O)NC(Cc1cnc[nH]1)C(=O)NC(C(=O)O)C(C)C. The third-order valence-electron chi connectivity index (χ3n) is 4.29. The summed E-state index contributed by atoms with van der Waals surface area (Å²) in [5.41, 5.74) is 5.90. The Hall–Kier alpha value is -2.60. The first kappa shape index (κ1) is 25.4. The topological polar surface area (TPSA) is 179 Å². The van der Waals surface area contributed by atoms with Crippen LogP contribution in [-0.2, 0) is 25.6 Å². The second-order valence-electron chi connectivity index (χ2n) is 7.02. The van der Waals surface area contributed by atoms with Crippen LogP contribution in [0.15, 0.2) is 12.5 Å². The molecule has 3 amide bonds. The second kappa shape index (κ2) is 12.9. The van der Waals surface area contributed by atoms with E-state index in [0.717, 1.165) is 0 Å². The number of carbonyl (C=O) groups excluding carboxylic acids is 3. The molecule has 0 saturated carbocycles. The minimum absolute atomic E-state index is 0.0715. The summed E-state index contributed by atoms with van der Waals surface area (Å²) >= 11 is 1.51. The molecule has 1 aromatic heterocycles. The van der Waals surface area contributed by atoms with E-state index in [9.17, 15) is 24.3 Å². The number of carboxylic acids is 1. The average molecular weight is 443 g/mol. The Bertz CT molecular complexity index is 712. The molecule has 0 fully saturated rings. The molecule has 12 heteroatoms. The number of nitrogens with two attached hydrogens (primary N) is 1. The van der Waals surface area contributed by atoms with Gasteiger partial charge >= 0.3 is 5.97 Å². The number of rotatable bonds is 13. The van der Waals surface area contributed by atoms with Crippen LogP contribution in [0.1, 0.15) is 26.0 Å². The molecule has 7 N–H and O–H groups in total. The van der Waals surface area contributed by atoms with Crippen molar-refractivity contribution in [3.05, 3.63) is 18.2 Å². The summed E-state index contributed by atoms with van der Waals surface area (Å²) in [6.07, 6.45) is 5.23. The molecule has 0 saturated heterocycles. The van der Waals surface area contributed by atoms with Crippen molar-refractivity contribution in [1.82, 2.24) is 25.9 Å². The summed E-state index contributed by atoms with van der Waals surface area (Å²) in [5.74, 6) is -2.60. The highest BCUT2D eigenvalue weighted by molar-refractivity contribution is 7.98. The number of amides is 3. The molecule has 0 aliphatic rings. The molecule has 0 radical (unpaired) electrons. The van der Waals surface area contributed by atoms with Gasteiger partial charge < -0.3 is 31.8 Å². The first-order valence-electron chi connectivity index (χ1n) is 9.48. The molecule has 0 spiro atoms. The largest absolute Gasteiger partial charge is 0.480 e. The van der Waals surface area contributed by atoms with E-state index in [-0.39, 0.29) is 18.9 Å². The van der Waals surface area contributed by atoms with Crippen LogP contribution in [0.3, 0.4) is 0 Å². The quantitative estimate of drug-likeness (QED) is 0.222. The summed E-state index contributed by atoms with van der Waals surface area (Å²) in [7, 11) is 0. The molecule has 3 unspecified atom stereocenters. The predicted molar refractivity (Wildman–Crippen MR) is 113 cm³/mol. The first-order chi connectivity index (χ1) is 14.2.